The van der Waals surface area contributed by atoms with Gasteiger partial charge in [0.05, 0.1) is 0 Å². The van der Waals surface area contributed by atoms with Crippen LogP contribution in [0.3, 0.4) is 0 Å². The Bertz CT molecular complexity index is 121. The van der Waals surface area contributed by atoms with Crippen LogP contribution in [0.25, 0.3) is 0 Å². The molecule has 0 rings (SSSR count). The van der Waals surface area contributed by atoms with Gasteiger partial charge < -0.3 is 5.11 Å². The van der Waals surface area contributed by atoms with E-state index in [4.69, 9.17) is 0 Å². The minimum absolute atomic E-state index is 0.685. The highest BCUT2D eigenvalue weighted by Gasteiger charge is 2.18. The summed E-state index contributed by atoms with van der Waals surface area (Å²) in [5.41, 5.74) is -0.691. The smallest absolute Gasteiger partial charge is 0.112 e. The summed E-state index contributed by atoms with van der Waals surface area (Å²) in [6.07, 6.45) is 1.90. The van der Waals surface area contributed by atoms with Gasteiger partial charge in [0, 0.05) is 0 Å². The molecular formula is C10H23NO. The second-order valence-electron chi connectivity index (χ2n) is 4.28. The first-order valence-electron chi connectivity index (χ1n) is 4.80. The van der Waals surface area contributed by atoms with Crippen LogP contribution in [0.1, 0.15) is 40.5 Å². The van der Waals surface area contributed by atoms with Crippen molar-refractivity contribution in [1.29, 1.82) is 0 Å². The average Bonchev–Trinajstić information content (AvgIpc) is 2.00. The Balaban J connectivity index is 3.67. The summed E-state index contributed by atoms with van der Waals surface area (Å²) in [4.78, 5) is 0. The van der Waals surface area contributed by atoms with Gasteiger partial charge in [0.15, 0.2) is 0 Å². The summed E-state index contributed by atoms with van der Waals surface area (Å²) < 4.78 is 0. The van der Waals surface area contributed by atoms with Gasteiger partial charge in [0.2, 0.25) is 0 Å². The molecule has 12 heavy (non-hydrogen) atoms. The van der Waals surface area contributed by atoms with Crippen LogP contribution in [0.5, 0.6) is 0 Å². The summed E-state index contributed by atoms with van der Waals surface area (Å²) in [7, 11) is 1.79. The third-order valence-corrected chi connectivity index (χ3v) is 2.76. The van der Waals surface area contributed by atoms with Crippen molar-refractivity contribution in [3.63, 3.8) is 0 Å². The van der Waals surface area contributed by atoms with E-state index in [0.717, 1.165) is 12.8 Å². The van der Waals surface area contributed by atoms with Gasteiger partial charge in [-0.25, -0.2) is 0 Å². The largest absolute Gasteiger partial charge is 0.376 e. The fourth-order valence-corrected chi connectivity index (χ4v) is 0.967. The monoisotopic (exact) mass is 173 g/mol. The van der Waals surface area contributed by atoms with Crippen LogP contribution in [0.2, 0.25) is 0 Å². The first-order chi connectivity index (χ1) is 5.39. The Labute approximate surface area is 76.4 Å². The van der Waals surface area contributed by atoms with E-state index < -0.39 is 5.72 Å². The molecule has 0 aromatic rings. The van der Waals surface area contributed by atoms with Gasteiger partial charge in [-0.3, -0.25) is 5.32 Å². The Kier molecular flexibility index (Phi) is 4.80. The van der Waals surface area contributed by atoms with Gasteiger partial charge in [0.1, 0.15) is 5.72 Å². The van der Waals surface area contributed by atoms with Gasteiger partial charge in [0.25, 0.3) is 0 Å². The highest BCUT2D eigenvalue weighted by molar-refractivity contribution is 4.69. The van der Waals surface area contributed by atoms with E-state index in [1.165, 1.54) is 0 Å². The van der Waals surface area contributed by atoms with E-state index in [0.29, 0.717) is 11.8 Å². The SMILES string of the molecule is CNC(C)(O)CCC(C)C(C)C. The quantitative estimate of drug-likeness (QED) is 0.623. The molecule has 0 aliphatic heterocycles. The topological polar surface area (TPSA) is 32.3 Å². The van der Waals surface area contributed by atoms with Crippen LogP contribution >= 0.6 is 0 Å². The van der Waals surface area contributed by atoms with E-state index in [2.05, 4.69) is 26.1 Å². The lowest BCUT2D eigenvalue weighted by molar-refractivity contribution is 0.0163. The average molecular weight is 173 g/mol. The van der Waals surface area contributed by atoms with Crippen molar-refractivity contribution in [3.8, 4) is 0 Å². The van der Waals surface area contributed by atoms with E-state index in [-0.39, 0.29) is 0 Å². The van der Waals surface area contributed by atoms with Crippen LogP contribution in [0, 0.1) is 11.8 Å². The first kappa shape index (κ1) is 11.9. The van der Waals surface area contributed by atoms with E-state index in [1.807, 2.05) is 6.92 Å². The van der Waals surface area contributed by atoms with E-state index >= 15 is 0 Å². The number of aliphatic hydroxyl groups is 1. The standard InChI is InChI=1S/C10H23NO/c1-8(2)9(3)6-7-10(4,12)11-5/h8-9,11-12H,6-7H2,1-5H3. The summed E-state index contributed by atoms with van der Waals surface area (Å²) in [6, 6.07) is 0. The molecule has 0 heterocycles. The molecule has 2 unspecified atom stereocenters. The van der Waals surface area contributed by atoms with Crippen LogP contribution in [0.4, 0.5) is 0 Å². The van der Waals surface area contributed by atoms with Crippen molar-refractivity contribution in [1.82, 2.24) is 5.32 Å². The van der Waals surface area contributed by atoms with Crippen molar-refractivity contribution in [2.75, 3.05) is 7.05 Å². The molecule has 0 aliphatic rings. The Morgan fingerprint density at radius 1 is 1.33 bits per heavy atom. The van der Waals surface area contributed by atoms with Crippen LogP contribution in [-0.4, -0.2) is 17.9 Å². The number of nitrogens with one attached hydrogen (secondary N) is 1. The lowest BCUT2D eigenvalue weighted by Gasteiger charge is -2.25. The fourth-order valence-electron chi connectivity index (χ4n) is 0.967. The molecule has 0 saturated heterocycles. The minimum Gasteiger partial charge on any atom is -0.376 e. The molecule has 0 amide bonds. The van der Waals surface area contributed by atoms with Crippen LogP contribution < -0.4 is 5.32 Å². The molecule has 0 spiro atoms. The molecule has 0 radical (unpaired) electrons. The molecule has 0 saturated carbocycles. The number of hydrogen-bond acceptors (Lipinski definition) is 2. The fraction of sp³-hybridized carbons (Fsp3) is 1.00. The zero-order chi connectivity index (χ0) is 9.78. The van der Waals surface area contributed by atoms with Crippen molar-refractivity contribution >= 4 is 0 Å². The summed E-state index contributed by atoms with van der Waals surface area (Å²) in [5.74, 6) is 1.39. The van der Waals surface area contributed by atoms with Gasteiger partial charge in [-0.2, -0.15) is 0 Å². The zero-order valence-corrected chi connectivity index (χ0v) is 9.02. The van der Waals surface area contributed by atoms with Crippen molar-refractivity contribution in [3.05, 3.63) is 0 Å². The van der Waals surface area contributed by atoms with Crippen LogP contribution in [0.15, 0.2) is 0 Å². The maximum Gasteiger partial charge on any atom is 0.112 e. The zero-order valence-electron chi connectivity index (χ0n) is 9.02. The third kappa shape index (κ3) is 4.73. The number of hydrogen-bond donors (Lipinski definition) is 2. The first-order valence-corrected chi connectivity index (χ1v) is 4.80. The molecule has 0 aromatic carbocycles. The maximum absolute atomic E-state index is 9.64. The Morgan fingerprint density at radius 2 is 1.83 bits per heavy atom. The highest BCUT2D eigenvalue weighted by Crippen LogP contribution is 2.19. The molecule has 0 aromatic heterocycles. The van der Waals surface area contributed by atoms with Gasteiger partial charge in [-0.1, -0.05) is 20.8 Å². The Hall–Kier alpha value is -0.0800. The lowest BCUT2D eigenvalue weighted by atomic mass is 9.91. The van der Waals surface area contributed by atoms with Crippen LogP contribution in [-0.2, 0) is 0 Å². The second-order valence-corrected chi connectivity index (χ2v) is 4.28. The molecule has 2 nitrogen and oxygen atoms in total. The molecule has 0 aliphatic carbocycles. The molecular weight excluding hydrogens is 150 g/mol. The Morgan fingerprint density at radius 3 is 2.17 bits per heavy atom. The van der Waals surface area contributed by atoms with Gasteiger partial charge in [-0.05, 0) is 38.6 Å². The van der Waals surface area contributed by atoms with Crippen molar-refractivity contribution in [2.45, 2.75) is 46.3 Å². The van der Waals surface area contributed by atoms with E-state index in [9.17, 15) is 5.11 Å². The van der Waals surface area contributed by atoms with Crippen molar-refractivity contribution < 1.29 is 5.11 Å². The molecule has 2 N–H and O–H groups in total. The van der Waals surface area contributed by atoms with Crippen molar-refractivity contribution in [2.24, 2.45) is 11.8 Å². The minimum atomic E-state index is -0.691. The molecule has 74 valence electrons. The maximum atomic E-state index is 9.64. The summed E-state index contributed by atoms with van der Waals surface area (Å²) in [5, 5.41) is 12.5. The van der Waals surface area contributed by atoms with Gasteiger partial charge >= 0.3 is 0 Å². The van der Waals surface area contributed by atoms with Gasteiger partial charge in [-0.15, -0.1) is 0 Å². The molecule has 2 atom stereocenters. The molecule has 0 bridgehead atoms. The second kappa shape index (κ2) is 4.83. The van der Waals surface area contributed by atoms with E-state index in [1.54, 1.807) is 7.05 Å². The molecule has 0 fully saturated rings. The number of rotatable bonds is 5. The third-order valence-electron chi connectivity index (χ3n) is 2.76. The summed E-state index contributed by atoms with van der Waals surface area (Å²) in [6.45, 7) is 8.49. The predicted octanol–water partition coefficient (Wildman–Crippen LogP) is 1.99. The lowest BCUT2D eigenvalue weighted by Crippen LogP contribution is -2.39. The highest BCUT2D eigenvalue weighted by atomic mass is 16.3. The predicted molar refractivity (Wildman–Crippen MR) is 52.9 cm³/mol. The normalized spacial score (nSPS) is 19.2. The summed E-state index contributed by atoms with van der Waals surface area (Å²) >= 11 is 0. The molecule has 2 heteroatoms.